The predicted octanol–water partition coefficient (Wildman–Crippen LogP) is 0.585. The van der Waals surface area contributed by atoms with Crippen LogP contribution in [0.3, 0.4) is 0 Å². The van der Waals surface area contributed by atoms with Gasteiger partial charge in [-0.25, -0.2) is 0 Å². The molecule has 1 aliphatic carbocycles. The van der Waals surface area contributed by atoms with Crippen molar-refractivity contribution >= 4 is 0 Å². The summed E-state index contributed by atoms with van der Waals surface area (Å²) < 4.78 is 0. The number of piperidine rings is 1. The van der Waals surface area contributed by atoms with Crippen LogP contribution in [-0.2, 0) is 0 Å². The van der Waals surface area contributed by atoms with Crippen molar-refractivity contribution in [3.8, 4) is 0 Å². The molecule has 2 fully saturated rings. The molecular formula is C11H22N2O. The Bertz CT molecular complexity index is 171. The summed E-state index contributed by atoms with van der Waals surface area (Å²) in [5, 5.41) is 12.2. The second-order valence-corrected chi connectivity index (χ2v) is 4.60. The molecule has 2 N–H and O–H groups in total. The third-order valence-electron chi connectivity index (χ3n) is 3.28. The first-order chi connectivity index (χ1) is 6.90. The summed E-state index contributed by atoms with van der Waals surface area (Å²) in [6, 6.07) is 1.59. The second kappa shape index (κ2) is 5.10. The maximum Gasteiger partial charge on any atom is 0.0443 e. The minimum absolute atomic E-state index is 0.312. The highest BCUT2D eigenvalue weighted by Gasteiger charge is 2.32. The summed E-state index contributed by atoms with van der Waals surface area (Å²) in [5.41, 5.74) is 0. The summed E-state index contributed by atoms with van der Waals surface area (Å²) in [7, 11) is 0. The Balaban J connectivity index is 1.65. The van der Waals surface area contributed by atoms with Crippen LogP contribution in [0.1, 0.15) is 32.1 Å². The molecule has 0 aromatic carbocycles. The molecule has 2 rings (SSSR count). The van der Waals surface area contributed by atoms with Crippen LogP contribution in [0.2, 0.25) is 0 Å². The number of hydrogen-bond acceptors (Lipinski definition) is 3. The lowest BCUT2D eigenvalue weighted by molar-refractivity contribution is 0.180. The molecular weight excluding hydrogens is 176 g/mol. The lowest BCUT2D eigenvalue weighted by atomic mass is 10.1. The summed E-state index contributed by atoms with van der Waals surface area (Å²) in [4.78, 5) is 2.64. The Hall–Kier alpha value is -0.120. The number of hydrogen-bond donors (Lipinski definition) is 2. The molecule has 1 heterocycles. The molecule has 1 saturated carbocycles. The molecule has 0 radical (unpaired) electrons. The van der Waals surface area contributed by atoms with Gasteiger partial charge in [-0.15, -0.1) is 0 Å². The fraction of sp³-hybridized carbons (Fsp3) is 1.00. The van der Waals surface area contributed by atoms with Gasteiger partial charge in [0.05, 0.1) is 0 Å². The number of aliphatic hydroxyl groups is 1. The van der Waals surface area contributed by atoms with E-state index in [1.54, 1.807) is 0 Å². The highest BCUT2D eigenvalue weighted by Crippen LogP contribution is 2.29. The van der Waals surface area contributed by atoms with Crippen LogP contribution < -0.4 is 5.32 Å². The molecule has 0 aromatic heterocycles. The molecule has 2 aliphatic rings. The molecule has 0 bridgehead atoms. The molecule has 3 nitrogen and oxygen atoms in total. The van der Waals surface area contributed by atoms with Crippen LogP contribution in [0.5, 0.6) is 0 Å². The Morgan fingerprint density at radius 1 is 1.29 bits per heavy atom. The van der Waals surface area contributed by atoms with Crippen LogP contribution in [-0.4, -0.2) is 48.3 Å². The monoisotopic (exact) mass is 198 g/mol. The van der Waals surface area contributed by atoms with Gasteiger partial charge in [-0.05, 0) is 45.2 Å². The van der Waals surface area contributed by atoms with E-state index in [1.165, 1.54) is 38.8 Å². The largest absolute Gasteiger partial charge is 0.396 e. The number of aliphatic hydroxyl groups excluding tert-OH is 1. The average Bonchev–Trinajstić information content (AvgIpc) is 3.02. The molecule has 14 heavy (non-hydrogen) atoms. The maximum atomic E-state index is 8.70. The lowest BCUT2D eigenvalue weighted by Gasteiger charge is -2.33. The highest BCUT2D eigenvalue weighted by molar-refractivity contribution is 4.89. The number of likely N-dealkylation sites (tertiary alicyclic amines) is 1. The molecule has 1 atom stereocenters. The summed E-state index contributed by atoms with van der Waals surface area (Å²) in [5.74, 6) is 0. The highest BCUT2D eigenvalue weighted by atomic mass is 16.3. The van der Waals surface area contributed by atoms with E-state index in [2.05, 4.69) is 10.2 Å². The third-order valence-corrected chi connectivity index (χ3v) is 3.28. The van der Waals surface area contributed by atoms with Gasteiger partial charge in [0, 0.05) is 25.2 Å². The van der Waals surface area contributed by atoms with Crippen LogP contribution in [0.4, 0.5) is 0 Å². The van der Waals surface area contributed by atoms with E-state index in [0.29, 0.717) is 12.6 Å². The topological polar surface area (TPSA) is 35.5 Å². The Morgan fingerprint density at radius 2 is 2.14 bits per heavy atom. The van der Waals surface area contributed by atoms with Gasteiger partial charge in [-0.1, -0.05) is 0 Å². The molecule has 0 aromatic rings. The van der Waals surface area contributed by atoms with Crippen LogP contribution in [0, 0.1) is 0 Å². The van der Waals surface area contributed by atoms with E-state index < -0.39 is 0 Å². The second-order valence-electron chi connectivity index (χ2n) is 4.60. The Kier molecular flexibility index (Phi) is 3.79. The number of rotatable bonds is 5. The fourth-order valence-corrected chi connectivity index (χ4v) is 2.33. The molecule has 82 valence electrons. The van der Waals surface area contributed by atoms with Crippen LogP contribution in [0.15, 0.2) is 0 Å². The number of nitrogens with one attached hydrogen (secondary N) is 1. The summed E-state index contributed by atoms with van der Waals surface area (Å²) in [6.45, 7) is 3.82. The third kappa shape index (κ3) is 2.94. The van der Waals surface area contributed by atoms with E-state index in [1.807, 2.05) is 0 Å². The zero-order valence-electron chi connectivity index (χ0n) is 8.91. The smallest absolute Gasteiger partial charge is 0.0443 e. The average molecular weight is 198 g/mol. The first kappa shape index (κ1) is 10.4. The van der Waals surface area contributed by atoms with Crippen molar-refractivity contribution in [3.63, 3.8) is 0 Å². The van der Waals surface area contributed by atoms with Crippen LogP contribution in [0.25, 0.3) is 0 Å². The van der Waals surface area contributed by atoms with Gasteiger partial charge in [0.15, 0.2) is 0 Å². The zero-order valence-corrected chi connectivity index (χ0v) is 8.91. The van der Waals surface area contributed by atoms with Gasteiger partial charge in [-0.3, -0.25) is 4.90 Å². The van der Waals surface area contributed by atoms with E-state index >= 15 is 0 Å². The summed E-state index contributed by atoms with van der Waals surface area (Å²) >= 11 is 0. The van der Waals surface area contributed by atoms with Crippen LogP contribution >= 0.6 is 0 Å². The van der Waals surface area contributed by atoms with Crippen molar-refractivity contribution in [1.82, 2.24) is 10.2 Å². The van der Waals surface area contributed by atoms with E-state index in [9.17, 15) is 0 Å². The SMILES string of the molecule is OCCCNC1CCCN(C2CC2)C1. The van der Waals surface area contributed by atoms with Crippen molar-refractivity contribution < 1.29 is 5.11 Å². The van der Waals surface area contributed by atoms with E-state index in [0.717, 1.165) is 19.0 Å². The first-order valence-corrected chi connectivity index (χ1v) is 5.98. The van der Waals surface area contributed by atoms with Crippen molar-refractivity contribution in [2.24, 2.45) is 0 Å². The van der Waals surface area contributed by atoms with Gasteiger partial charge in [-0.2, -0.15) is 0 Å². The summed E-state index contributed by atoms with van der Waals surface area (Å²) in [6.07, 6.45) is 6.38. The van der Waals surface area contributed by atoms with Gasteiger partial charge in [0.25, 0.3) is 0 Å². The zero-order chi connectivity index (χ0) is 9.80. The van der Waals surface area contributed by atoms with Crippen molar-refractivity contribution in [2.75, 3.05) is 26.2 Å². The van der Waals surface area contributed by atoms with E-state index in [4.69, 9.17) is 5.11 Å². The quantitative estimate of drug-likeness (QED) is 0.635. The van der Waals surface area contributed by atoms with Crippen molar-refractivity contribution in [1.29, 1.82) is 0 Å². The van der Waals surface area contributed by atoms with Crippen molar-refractivity contribution in [2.45, 2.75) is 44.2 Å². The fourth-order valence-electron chi connectivity index (χ4n) is 2.33. The maximum absolute atomic E-state index is 8.70. The van der Waals surface area contributed by atoms with Gasteiger partial charge >= 0.3 is 0 Å². The lowest BCUT2D eigenvalue weighted by Crippen LogP contribution is -2.46. The molecule has 1 unspecified atom stereocenters. The van der Waals surface area contributed by atoms with Gasteiger partial charge in [0.1, 0.15) is 0 Å². The number of nitrogens with zero attached hydrogens (tertiary/aromatic N) is 1. The van der Waals surface area contributed by atoms with Gasteiger partial charge < -0.3 is 10.4 Å². The molecule has 0 amide bonds. The van der Waals surface area contributed by atoms with Gasteiger partial charge in [0.2, 0.25) is 0 Å². The Labute approximate surface area is 86.5 Å². The van der Waals surface area contributed by atoms with Crippen molar-refractivity contribution in [3.05, 3.63) is 0 Å². The minimum atomic E-state index is 0.312. The molecule has 0 spiro atoms. The minimum Gasteiger partial charge on any atom is -0.396 e. The molecule has 1 saturated heterocycles. The van der Waals surface area contributed by atoms with E-state index in [-0.39, 0.29) is 0 Å². The standard InChI is InChI=1S/C11H22N2O/c14-8-2-6-12-10-3-1-7-13(9-10)11-4-5-11/h10-12,14H,1-9H2. The molecule has 3 heteroatoms. The predicted molar refractivity (Wildman–Crippen MR) is 57.3 cm³/mol. The normalized spacial score (nSPS) is 29.4. The molecule has 1 aliphatic heterocycles. The Morgan fingerprint density at radius 3 is 2.86 bits per heavy atom. The first-order valence-electron chi connectivity index (χ1n) is 5.98.